The number of Topliss-reactive ketones (excluding diaryl/α,β-unsaturated/α-hetero) is 1. The van der Waals surface area contributed by atoms with Crippen molar-refractivity contribution in [1.82, 2.24) is 0 Å². The lowest BCUT2D eigenvalue weighted by atomic mass is 9.79. The first-order chi connectivity index (χ1) is 6.66. The highest BCUT2D eigenvalue weighted by Gasteiger charge is 2.29. The van der Waals surface area contributed by atoms with Crippen LogP contribution in [0.1, 0.15) is 45.4 Å². The molecule has 0 bridgehead atoms. The van der Waals surface area contributed by atoms with Crippen LogP contribution in [0.15, 0.2) is 0 Å². The highest BCUT2D eigenvalue weighted by Crippen LogP contribution is 2.28. The number of hydrogen-bond acceptors (Lipinski definition) is 3. The topological polar surface area (TPSA) is 52.3 Å². The van der Waals surface area contributed by atoms with Crippen LogP contribution in [0.4, 0.5) is 0 Å². The van der Waals surface area contributed by atoms with E-state index in [1.54, 1.807) is 0 Å². The molecular formula is C11H21NO2. The first kappa shape index (κ1) is 11.7. The smallest absolute Gasteiger partial charge is 0.160 e. The summed E-state index contributed by atoms with van der Waals surface area (Å²) in [4.78, 5) is 11.5. The predicted octanol–water partition coefficient (Wildman–Crippen LogP) is 1.64. The molecule has 3 nitrogen and oxygen atoms in total. The molecule has 1 aliphatic carbocycles. The second-order valence-electron chi connectivity index (χ2n) is 4.28. The molecular weight excluding hydrogens is 178 g/mol. The van der Waals surface area contributed by atoms with Crippen molar-refractivity contribution in [3.05, 3.63) is 0 Å². The van der Waals surface area contributed by atoms with Gasteiger partial charge in [0.25, 0.3) is 0 Å². The zero-order valence-corrected chi connectivity index (χ0v) is 9.05. The van der Waals surface area contributed by atoms with E-state index >= 15 is 0 Å². The maximum absolute atomic E-state index is 11.5. The van der Waals surface area contributed by atoms with E-state index in [0.717, 1.165) is 12.8 Å². The summed E-state index contributed by atoms with van der Waals surface area (Å²) in [7, 11) is 0. The van der Waals surface area contributed by atoms with Crippen molar-refractivity contribution in [3.8, 4) is 0 Å². The van der Waals surface area contributed by atoms with Gasteiger partial charge in [0.2, 0.25) is 0 Å². The fourth-order valence-corrected chi connectivity index (χ4v) is 2.09. The Balaban J connectivity index is 2.29. The SMILES string of the molecule is CCOCC(=O)CC1(N)CCCCC1. The van der Waals surface area contributed by atoms with Crippen LogP contribution in [-0.2, 0) is 9.53 Å². The molecule has 1 aliphatic rings. The molecule has 1 rings (SSSR count). The summed E-state index contributed by atoms with van der Waals surface area (Å²) >= 11 is 0. The zero-order chi connectivity index (χ0) is 10.4. The Labute approximate surface area is 86.0 Å². The number of rotatable bonds is 5. The number of ether oxygens (including phenoxy) is 1. The van der Waals surface area contributed by atoms with Crippen LogP contribution in [0, 0.1) is 0 Å². The molecule has 1 saturated carbocycles. The van der Waals surface area contributed by atoms with Gasteiger partial charge in [-0.15, -0.1) is 0 Å². The Morgan fingerprint density at radius 1 is 1.36 bits per heavy atom. The van der Waals surface area contributed by atoms with Crippen LogP contribution in [0.3, 0.4) is 0 Å². The summed E-state index contributed by atoms with van der Waals surface area (Å²) in [5.41, 5.74) is 5.93. The third kappa shape index (κ3) is 3.76. The van der Waals surface area contributed by atoms with E-state index in [4.69, 9.17) is 10.5 Å². The summed E-state index contributed by atoms with van der Waals surface area (Å²) in [5.74, 6) is 0.149. The minimum Gasteiger partial charge on any atom is -0.374 e. The van der Waals surface area contributed by atoms with Gasteiger partial charge in [0, 0.05) is 18.6 Å². The first-order valence-electron chi connectivity index (χ1n) is 5.55. The third-order valence-corrected chi connectivity index (χ3v) is 2.87. The summed E-state index contributed by atoms with van der Waals surface area (Å²) in [6, 6.07) is 0. The fourth-order valence-electron chi connectivity index (χ4n) is 2.09. The monoisotopic (exact) mass is 199 g/mol. The molecule has 0 unspecified atom stereocenters. The third-order valence-electron chi connectivity index (χ3n) is 2.87. The van der Waals surface area contributed by atoms with Gasteiger partial charge in [-0.2, -0.15) is 0 Å². The highest BCUT2D eigenvalue weighted by molar-refractivity contribution is 5.80. The van der Waals surface area contributed by atoms with E-state index in [2.05, 4.69) is 0 Å². The molecule has 0 saturated heterocycles. The van der Waals surface area contributed by atoms with E-state index in [9.17, 15) is 4.79 Å². The largest absolute Gasteiger partial charge is 0.374 e. The van der Waals surface area contributed by atoms with E-state index in [-0.39, 0.29) is 17.9 Å². The molecule has 0 heterocycles. The quantitative estimate of drug-likeness (QED) is 0.732. The average Bonchev–Trinajstić information content (AvgIpc) is 2.15. The molecule has 0 aliphatic heterocycles. The molecule has 0 atom stereocenters. The minimum absolute atomic E-state index is 0.149. The van der Waals surface area contributed by atoms with Crippen LogP contribution in [0.5, 0.6) is 0 Å². The fraction of sp³-hybridized carbons (Fsp3) is 0.909. The van der Waals surface area contributed by atoms with E-state index in [1.807, 2.05) is 6.92 Å². The van der Waals surface area contributed by atoms with E-state index < -0.39 is 0 Å². The number of carbonyl (C=O) groups is 1. The van der Waals surface area contributed by atoms with Crippen molar-refractivity contribution in [2.75, 3.05) is 13.2 Å². The van der Waals surface area contributed by atoms with Gasteiger partial charge in [-0.25, -0.2) is 0 Å². The van der Waals surface area contributed by atoms with Gasteiger partial charge in [0.15, 0.2) is 5.78 Å². The van der Waals surface area contributed by atoms with Crippen molar-refractivity contribution in [1.29, 1.82) is 0 Å². The normalized spacial score (nSPS) is 20.7. The summed E-state index contributed by atoms with van der Waals surface area (Å²) in [5, 5.41) is 0. The molecule has 0 aromatic rings. The highest BCUT2D eigenvalue weighted by atomic mass is 16.5. The second-order valence-corrected chi connectivity index (χ2v) is 4.28. The minimum atomic E-state index is -0.230. The van der Waals surface area contributed by atoms with Crippen LogP contribution in [0.2, 0.25) is 0 Å². The molecule has 0 spiro atoms. The van der Waals surface area contributed by atoms with Gasteiger partial charge in [-0.05, 0) is 19.8 Å². The zero-order valence-electron chi connectivity index (χ0n) is 9.05. The van der Waals surface area contributed by atoms with Crippen LogP contribution in [0.25, 0.3) is 0 Å². The van der Waals surface area contributed by atoms with Crippen molar-refractivity contribution in [2.45, 2.75) is 51.0 Å². The second kappa shape index (κ2) is 5.47. The summed E-state index contributed by atoms with van der Waals surface area (Å²) < 4.78 is 5.08. The summed E-state index contributed by atoms with van der Waals surface area (Å²) in [6.45, 7) is 2.73. The Bertz CT molecular complexity index is 186. The molecule has 0 radical (unpaired) electrons. The van der Waals surface area contributed by atoms with E-state index in [1.165, 1.54) is 19.3 Å². The number of hydrogen-bond donors (Lipinski definition) is 1. The number of ketones is 1. The lowest BCUT2D eigenvalue weighted by Crippen LogP contribution is -2.44. The Hall–Kier alpha value is -0.410. The predicted molar refractivity (Wildman–Crippen MR) is 56.1 cm³/mol. The van der Waals surface area contributed by atoms with Crippen LogP contribution in [-0.4, -0.2) is 24.5 Å². The molecule has 0 amide bonds. The number of nitrogens with two attached hydrogens (primary N) is 1. The average molecular weight is 199 g/mol. The van der Waals surface area contributed by atoms with Gasteiger partial charge >= 0.3 is 0 Å². The van der Waals surface area contributed by atoms with Crippen molar-refractivity contribution >= 4 is 5.78 Å². The van der Waals surface area contributed by atoms with Crippen LogP contribution < -0.4 is 5.73 Å². The molecule has 14 heavy (non-hydrogen) atoms. The Kier molecular flexibility index (Phi) is 4.55. The van der Waals surface area contributed by atoms with Crippen molar-refractivity contribution in [2.24, 2.45) is 5.73 Å². The molecule has 0 aromatic heterocycles. The molecule has 1 fully saturated rings. The van der Waals surface area contributed by atoms with Crippen molar-refractivity contribution in [3.63, 3.8) is 0 Å². The van der Waals surface area contributed by atoms with Gasteiger partial charge in [0.1, 0.15) is 6.61 Å². The lowest BCUT2D eigenvalue weighted by Gasteiger charge is -2.32. The maximum Gasteiger partial charge on any atom is 0.160 e. The van der Waals surface area contributed by atoms with Gasteiger partial charge in [-0.3, -0.25) is 4.79 Å². The summed E-state index contributed by atoms with van der Waals surface area (Å²) in [6.07, 6.45) is 6.07. The molecule has 2 N–H and O–H groups in total. The number of carbonyl (C=O) groups excluding carboxylic acids is 1. The standard InChI is InChI=1S/C11H21NO2/c1-2-14-9-10(13)8-11(12)6-4-3-5-7-11/h2-9,12H2,1H3. The lowest BCUT2D eigenvalue weighted by molar-refractivity contribution is -0.124. The maximum atomic E-state index is 11.5. The van der Waals surface area contributed by atoms with Crippen LogP contribution >= 0.6 is 0 Å². The van der Waals surface area contributed by atoms with Gasteiger partial charge in [-0.1, -0.05) is 19.3 Å². The first-order valence-corrected chi connectivity index (χ1v) is 5.55. The van der Waals surface area contributed by atoms with Gasteiger partial charge < -0.3 is 10.5 Å². The van der Waals surface area contributed by atoms with Gasteiger partial charge in [0.05, 0.1) is 0 Å². The molecule has 3 heteroatoms. The van der Waals surface area contributed by atoms with E-state index in [0.29, 0.717) is 13.0 Å². The van der Waals surface area contributed by atoms with Crippen molar-refractivity contribution < 1.29 is 9.53 Å². The Morgan fingerprint density at radius 3 is 2.57 bits per heavy atom. The Morgan fingerprint density at radius 2 is 2.00 bits per heavy atom. The molecule has 0 aromatic carbocycles. The molecule has 82 valence electrons.